The van der Waals surface area contributed by atoms with Crippen LogP contribution >= 0.6 is 11.6 Å². The number of nitrogens with one attached hydrogen (secondary N) is 2. The molecule has 1 aromatic rings. The molecule has 0 unspecified atom stereocenters. The second kappa shape index (κ2) is 6.64. The highest BCUT2D eigenvalue weighted by atomic mass is 35.5. The lowest BCUT2D eigenvalue weighted by Crippen LogP contribution is -2.33. The smallest absolute Gasteiger partial charge is 0.319 e. The van der Waals surface area contributed by atoms with Gasteiger partial charge in [0.2, 0.25) is 0 Å². The normalized spacial score (nSPS) is 16.3. The van der Waals surface area contributed by atoms with Crippen molar-refractivity contribution in [1.82, 2.24) is 5.32 Å². The lowest BCUT2D eigenvalue weighted by molar-refractivity contribution is 0.247. The SMILES string of the molecule is O=C(NCC1CCCCC1)Nc1ccccc1Cl. The zero-order valence-corrected chi connectivity index (χ0v) is 11.2. The minimum Gasteiger partial charge on any atom is -0.338 e. The summed E-state index contributed by atoms with van der Waals surface area (Å²) in [5.74, 6) is 0.635. The Balaban J connectivity index is 1.76. The molecule has 3 nitrogen and oxygen atoms in total. The number of urea groups is 1. The van der Waals surface area contributed by atoms with E-state index in [1.807, 2.05) is 12.1 Å². The second-order valence-electron chi connectivity index (χ2n) is 4.82. The highest BCUT2D eigenvalue weighted by molar-refractivity contribution is 6.33. The van der Waals surface area contributed by atoms with Crippen molar-refractivity contribution in [2.24, 2.45) is 5.92 Å². The van der Waals surface area contributed by atoms with Gasteiger partial charge in [0.1, 0.15) is 0 Å². The number of para-hydroxylation sites is 1. The Morgan fingerprint density at radius 3 is 2.67 bits per heavy atom. The maximum absolute atomic E-state index is 11.7. The first-order chi connectivity index (χ1) is 8.75. The van der Waals surface area contributed by atoms with Crippen molar-refractivity contribution in [1.29, 1.82) is 0 Å². The van der Waals surface area contributed by atoms with Gasteiger partial charge in [-0.25, -0.2) is 4.79 Å². The van der Waals surface area contributed by atoms with Crippen LogP contribution in [-0.4, -0.2) is 12.6 Å². The molecule has 1 aliphatic carbocycles. The van der Waals surface area contributed by atoms with Crippen LogP contribution in [0.2, 0.25) is 5.02 Å². The molecule has 1 fully saturated rings. The van der Waals surface area contributed by atoms with E-state index in [1.165, 1.54) is 32.1 Å². The van der Waals surface area contributed by atoms with E-state index in [1.54, 1.807) is 12.1 Å². The van der Waals surface area contributed by atoms with E-state index in [2.05, 4.69) is 10.6 Å². The third-order valence-corrected chi connectivity index (χ3v) is 3.73. The molecular weight excluding hydrogens is 248 g/mol. The molecule has 1 aliphatic rings. The van der Waals surface area contributed by atoms with Gasteiger partial charge in [-0.05, 0) is 30.9 Å². The summed E-state index contributed by atoms with van der Waals surface area (Å²) in [6, 6.07) is 7.07. The van der Waals surface area contributed by atoms with Crippen molar-refractivity contribution in [2.45, 2.75) is 32.1 Å². The van der Waals surface area contributed by atoms with Crippen molar-refractivity contribution in [2.75, 3.05) is 11.9 Å². The van der Waals surface area contributed by atoms with Crippen molar-refractivity contribution >= 4 is 23.3 Å². The molecule has 0 aliphatic heterocycles. The molecule has 0 radical (unpaired) electrons. The Kier molecular flexibility index (Phi) is 4.88. The summed E-state index contributed by atoms with van der Waals surface area (Å²) in [6.45, 7) is 0.760. The number of carbonyl (C=O) groups is 1. The maximum Gasteiger partial charge on any atom is 0.319 e. The van der Waals surface area contributed by atoms with E-state index in [4.69, 9.17) is 11.6 Å². The number of carbonyl (C=O) groups excluding carboxylic acids is 1. The van der Waals surface area contributed by atoms with E-state index in [0.717, 1.165) is 6.54 Å². The minimum atomic E-state index is -0.173. The third kappa shape index (κ3) is 3.91. The van der Waals surface area contributed by atoms with Crippen LogP contribution in [0.15, 0.2) is 24.3 Å². The maximum atomic E-state index is 11.7. The lowest BCUT2D eigenvalue weighted by atomic mass is 9.89. The molecule has 2 rings (SSSR count). The van der Waals surface area contributed by atoms with Gasteiger partial charge in [0.25, 0.3) is 0 Å². The molecule has 1 aromatic carbocycles. The number of hydrogen-bond acceptors (Lipinski definition) is 1. The van der Waals surface area contributed by atoms with E-state index < -0.39 is 0 Å². The Labute approximate surface area is 113 Å². The first-order valence-corrected chi connectivity index (χ1v) is 6.93. The van der Waals surface area contributed by atoms with Gasteiger partial charge in [0, 0.05) is 6.54 Å². The molecule has 98 valence electrons. The van der Waals surface area contributed by atoms with Crippen LogP contribution in [0.4, 0.5) is 10.5 Å². The van der Waals surface area contributed by atoms with Crippen molar-refractivity contribution < 1.29 is 4.79 Å². The second-order valence-corrected chi connectivity index (χ2v) is 5.23. The number of hydrogen-bond donors (Lipinski definition) is 2. The summed E-state index contributed by atoms with van der Waals surface area (Å²) in [5.41, 5.74) is 0.653. The van der Waals surface area contributed by atoms with Gasteiger partial charge in [-0.1, -0.05) is 43.0 Å². The Bertz CT molecular complexity index is 403. The van der Waals surface area contributed by atoms with Crippen LogP contribution in [0.25, 0.3) is 0 Å². The van der Waals surface area contributed by atoms with Gasteiger partial charge in [-0.3, -0.25) is 0 Å². The zero-order chi connectivity index (χ0) is 12.8. The fourth-order valence-electron chi connectivity index (χ4n) is 2.36. The number of rotatable bonds is 3. The molecule has 0 aromatic heterocycles. The molecule has 4 heteroatoms. The van der Waals surface area contributed by atoms with Gasteiger partial charge < -0.3 is 10.6 Å². The number of anilines is 1. The van der Waals surface area contributed by atoms with E-state index >= 15 is 0 Å². The van der Waals surface area contributed by atoms with E-state index in [-0.39, 0.29) is 6.03 Å². The average Bonchev–Trinajstić information content (AvgIpc) is 2.40. The predicted octanol–water partition coefficient (Wildman–Crippen LogP) is 4.04. The fraction of sp³-hybridized carbons (Fsp3) is 0.500. The Morgan fingerprint density at radius 1 is 1.22 bits per heavy atom. The number of benzene rings is 1. The molecular formula is C14H19ClN2O. The fourth-order valence-corrected chi connectivity index (χ4v) is 2.54. The standard InChI is InChI=1S/C14H19ClN2O/c15-12-8-4-5-9-13(12)17-14(18)16-10-11-6-2-1-3-7-11/h4-5,8-9,11H,1-3,6-7,10H2,(H2,16,17,18). The van der Waals surface area contributed by atoms with Crippen molar-refractivity contribution in [3.8, 4) is 0 Å². The van der Waals surface area contributed by atoms with Gasteiger partial charge in [-0.2, -0.15) is 0 Å². The molecule has 18 heavy (non-hydrogen) atoms. The average molecular weight is 267 g/mol. The van der Waals surface area contributed by atoms with E-state index in [9.17, 15) is 4.79 Å². The Hall–Kier alpha value is -1.22. The largest absolute Gasteiger partial charge is 0.338 e. The van der Waals surface area contributed by atoms with Crippen LogP contribution in [-0.2, 0) is 0 Å². The molecule has 0 heterocycles. The summed E-state index contributed by atoms with van der Waals surface area (Å²) in [7, 11) is 0. The summed E-state index contributed by atoms with van der Waals surface area (Å²) < 4.78 is 0. The summed E-state index contributed by atoms with van der Waals surface area (Å²) in [5, 5.41) is 6.25. The van der Waals surface area contributed by atoms with Crippen LogP contribution in [0.1, 0.15) is 32.1 Å². The minimum absolute atomic E-state index is 0.173. The third-order valence-electron chi connectivity index (χ3n) is 3.40. The summed E-state index contributed by atoms with van der Waals surface area (Å²) in [6.07, 6.45) is 6.37. The molecule has 2 amide bonds. The molecule has 1 saturated carbocycles. The highest BCUT2D eigenvalue weighted by Crippen LogP contribution is 2.23. The molecule has 0 bridgehead atoms. The summed E-state index contributed by atoms with van der Waals surface area (Å²) in [4.78, 5) is 11.7. The Morgan fingerprint density at radius 2 is 1.94 bits per heavy atom. The van der Waals surface area contributed by atoms with Gasteiger partial charge in [0.05, 0.1) is 10.7 Å². The van der Waals surface area contributed by atoms with Crippen molar-refractivity contribution in [3.63, 3.8) is 0 Å². The lowest BCUT2D eigenvalue weighted by Gasteiger charge is -2.21. The van der Waals surface area contributed by atoms with Crippen LogP contribution in [0.3, 0.4) is 0 Å². The van der Waals surface area contributed by atoms with Crippen molar-refractivity contribution in [3.05, 3.63) is 29.3 Å². The molecule has 0 saturated heterocycles. The highest BCUT2D eigenvalue weighted by Gasteiger charge is 2.14. The first-order valence-electron chi connectivity index (χ1n) is 6.55. The zero-order valence-electron chi connectivity index (χ0n) is 10.4. The molecule has 0 atom stereocenters. The van der Waals surface area contributed by atoms with Gasteiger partial charge >= 0.3 is 6.03 Å². The number of halogens is 1. The van der Waals surface area contributed by atoms with E-state index in [0.29, 0.717) is 16.6 Å². The van der Waals surface area contributed by atoms with Gasteiger partial charge in [-0.15, -0.1) is 0 Å². The van der Waals surface area contributed by atoms with Crippen LogP contribution < -0.4 is 10.6 Å². The predicted molar refractivity (Wildman–Crippen MR) is 75.0 cm³/mol. The quantitative estimate of drug-likeness (QED) is 0.852. The number of amides is 2. The molecule has 2 N–H and O–H groups in total. The molecule has 0 spiro atoms. The van der Waals surface area contributed by atoms with Crippen LogP contribution in [0, 0.1) is 5.92 Å². The monoisotopic (exact) mass is 266 g/mol. The van der Waals surface area contributed by atoms with Gasteiger partial charge in [0.15, 0.2) is 0 Å². The topological polar surface area (TPSA) is 41.1 Å². The first kappa shape index (κ1) is 13.2. The summed E-state index contributed by atoms with van der Waals surface area (Å²) >= 11 is 5.97. The van der Waals surface area contributed by atoms with Crippen LogP contribution in [0.5, 0.6) is 0 Å².